The van der Waals surface area contributed by atoms with Gasteiger partial charge in [-0.1, -0.05) is 26.0 Å². The van der Waals surface area contributed by atoms with Crippen molar-refractivity contribution < 1.29 is 9.72 Å². The van der Waals surface area contributed by atoms with Crippen LogP contribution in [0.2, 0.25) is 0 Å². The first-order valence-corrected chi connectivity index (χ1v) is 9.29. The number of hydrazone groups is 1. The summed E-state index contributed by atoms with van der Waals surface area (Å²) in [7, 11) is 0. The van der Waals surface area contributed by atoms with E-state index < -0.39 is 4.92 Å². The van der Waals surface area contributed by atoms with E-state index in [4.69, 9.17) is 0 Å². The fourth-order valence-corrected chi connectivity index (χ4v) is 6.70. The topological polar surface area (TPSA) is 84.6 Å². The van der Waals surface area contributed by atoms with Crippen LogP contribution in [0.5, 0.6) is 0 Å². The van der Waals surface area contributed by atoms with Gasteiger partial charge in [-0.3, -0.25) is 14.9 Å². The van der Waals surface area contributed by atoms with Gasteiger partial charge < -0.3 is 0 Å². The van der Waals surface area contributed by atoms with Gasteiger partial charge in [0.05, 0.1) is 16.6 Å². The third kappa shape index (κ3) is 2.91. The van der Waals surface area contributed by atoms with Crippen LogP contribution in [0.1, 0.15) is 57.9 Å². The number of hydrogen-bond donors (Lipinski definition) is 1. The molecule has 4 aliphatic carbocycles. The molecule has 0 saturated heterocycles. The van der Waals surface area contributed by atoms with Crippen molar-refractivity contribution in [3.63, 3.8) is 0 Å². The second-order valence-corrected chi connectivity index (χ2v) is 9.46. The number of carbonyl (C=O) groups excluding carboxylic acids is 1. The second-order valence-electron chi connectivity index (χ2n) is 9.46. The Kier molecular flexibility index (Phi) is 3.72. The maximum absolute atomic E-state index is 13.0. The zero-order valence-electron chi connectivity index (χ0n) is 15.3. The zero-order valence-corrected chi connectivity index (χ0v) is 15.3. The summed E-state index contributed by atoms with van der Waals surface area (Å²) >= 11 is 0. The smallest absolute Gasteiger partial charge is 0.270 e. The summed E-state index contributed by atoms with van der Waals surface area (Å²) in [4.78, 5) is 23.4. The molecular formula is C20H25N3O3. The van der Waals surface area contributed by atoms with Gasteiger partial charge in [0, 0.05) is 17.7 Å². The van der Waals surface area contributed by atoms with Crippen LogP contribution >= 0.6 is 0 Å². The first kappa shape index (κ1) is 17.2. The summed E-state index contributed by atoms with van der Waals surface area (Å²) in [5.41, 5.74) is 3.59. The van der Waals surface area contributed by atoms with Crippen LogP contribution in [-0.4, -0.2) is 17.0 Å². The van der Waals surface area contributed by atoms with Crippen LogP contribution in [0.25, 0.3) is 0 Å². The van der Waals surface area contributed by atoms with Crippen LogP contribution < -0.4 is 5.43 Å². The number of benzene rings is 1. The first-order chi connectivity index (χ1) is 12.2. The Hall–Kier alpha value is -2.24. The summed E-state index contributed by atoms with van der Waals surface area (Å²) in [6.07, 6.45) is 8.06. The lowest BCUT2D eigenvalue weighted by atomic mass is 9.40. The van der Waals surface area contributed by atoms with Crippen molar-refractivity contribution in [2.45, 2.75) is 52.4 Å². The Balaban J connectivity index is 1.49. The SMILES string of the molecule is CC12CC3CC(C)(C1)CC(C(=O)N/N=C/c1cccc([N+](=O)[O-])c1)(C3)C2. The van der Waals surface area contributed by atoms with E-state index in [1.807, 2.05) is 0 Å². The van der Waals surface area contributed by atoms with Crippen molar-refractivity contribution in [2.24, 2.45) is 27.3 Å². The molecule has 5 rings (SSSR count). The number of nitro groups is 1. The van der Waals surface area contributed by atoms with E-state index in [1.165, 1.54) is 37.6 Å². The fourth-order valence-electron chi connectivity index (χ4n) is 6.70. The molecule has 138 valence electrons. The molecule has 4 aliphatic rings. The molecule has 1 amide bonds. The van der Waals surface area contributed by atoms with Gasteiger partial charge in [0.15, 0.2) is 0 Å². The largest absolute Gasteiger partial charge is 0.273 e. The minimum atomic E-state index is -0.438. The molecule has 4 saturated carbocycles. The molecule has 4 fully saturated rings. The molecule has 0 aromatic heterocycles. The maximum atomic E-state index is 13.0. The number of carbonyl (C=O) groups is 1. The monoisotopic (exact) mass is 355 g/mol. The highest BCUT2D eigenvalue weighted by molar-refractivity contribution is 5.86. The minimum Gasteiger partial charge on any atom is -0.273 e. The summed E-state index contributed by atoms with van der Waals surface area (Å²) in [6.45, 7) is 4.67. The lowest BCUT2D eigenvalue weighted by Crippen LogP contribution is -2.59. The molecule has 6 heteroatoms. The molecule has 4 bridgehead atoms. The predicted molar refractivity (Wildman–Crippen MR) is 98.7 cm³/mol. The molecule has 0 radical (unpaired) electrons. The van der Waals surface area contributed by atoms with Crippen LogP contribution in [0.3, 0.4) is 0 Å². The van der Waals surface area contributed by atoms with Gasteiger partial charge in [0.2, 0.25) is 5.91 Å². The second kappa shape index (κ2) is 5.63. The standard InChI is InChI=1S/C20H25N3O3/c1-18-7-15-8-19(2,11-18)13-20(9-15,12-18)17(24)22-21-10-14-4-3-5-16(6-14)23(25)26/h3-6,10,15H,7-9,11-13H2,1-2H3,(H,22,24)/b21-10+. The Morgan fingerprint density at radius 3 is 2.54 bits per heavy atom. The van der Waals surface area contributed by atoms with Gasteiger partial charge in [0.1, 0.15) is 0 Å². The molecule has 26 heavy (non-hydrogen) atoms. The van der Waals surface area contributed by atoms with Crippen LogP contribution in [0, 0.1) is 32.3 Å². The normalized spacial score (nSPS) is 37.8. The van der Waals surface area contributed by atoms with E-state index in [0.717, 1.165) is 19.3 Å². The lowest BCUT2D eigenvalue weighted by Gasteiger charge is -2.64. The van der Waals surface area contributed by atoms with E-state index in [9.17, 15) is 14.9 Å². The van der Waals surface area contributed by atoms with Crippen molar-refractivity contribution in [3.8, 4) is 0 Å². The molecule has 6 nitrogen and oxygen atoms in total. The van der Waals surface area contributed by atoms with Gasteiger partial charge in [-0.05, 0) is 55.3 Å². The van der Waals surface area contributed by atoms with Crippen LogP contribution in [-0.2, 0) is 4.79 Å². The van der Waals surface area contributed by atoms with Crippen LogP contribution in [0.15, 0.2) is 29.4 Å². The molecule has 1 aromatic rings. The molecule has 2 atom stereocenters. The highest BCUT2D eigenvalue weighted by Crippen LogP contribution is 2.69. The van der Waals surface area contributed by atoms with Crippen molar-refractivity contribution in [1.82, 2.24) is 5.43 Å². The Labute approximate surface area is 153 Å². The minimum absolute atomic E-state index is 0.0146. The van der Waals surface area contributed by atoms with Gasteiger partial charge in [-0.25, -0.2) is 5.43 Å². The maximum Gasteiger partial charge on any atom is 0.270 e. The average molecular weight is 355 g/mol. The van der Waals surface area contributed by atoms with Crippen molar-refractivity contribution in [3.05, 3.63) is 39.9 Å². The van der Waals surface area contributed by atoms with Gasteiger partial charge in [-0.2, -0.15) is 5.10 Å². The number of nitrogens with one attached hydrogen (secondary N) is 1. The fraction of sp³-hybridized carbons (Fsp3) is 0.600. The van der Waals surface area contributed by atoms with Crippen molar-refractivity contribution in [1.29, 1.82) is 0 Å². The Morgan fingerprint density at radius 1 is 1.23 bits per heavy atom. The van der Waals surface area contributed by atoms with Crippen LogP contribution in [0.4, 0.5) is 5.69 Å². The van der Waals surface area contributed by atoms with E-state index in [1.54, 1.807) is 12.1 Å². The molecule has 2 unspecified atom stereocenters. The lowest BCUT2D eigenvalue weighted by molar-refractivity contribution is -0.384. The zero-order chi connectivity index (χ0) is 18.6. The predicted octanol–water partition coefficient (Wildman–Crippen LogP) is 4.04. The number of non-ortho nitro benzene ring substituents is 1. The van der Waals surface area contributed by atoms with E-state index in [0.29, 0.717) is 11.5 Å². The average Bonchev–Trinajstić information content (AvgIpc) is 2.51. The van der Waals surface area contributed by atoms with E-state index in [2.05, 4.69) is 24.4 Å². The molecule has 0 aliphatic heterocycles. The molecule has 1 N–H and O–H groups in total. The summed E-state index contributed by atoms with van der Waals surface area (Å²) < 4.78 is 0. The summed E-state index contributed by atoms with van der Waals surface area (Å²) in [5, 5.41) is 14.9. The first-order valence-electron chi connectivity index (χ1n) is 9.29. The van der Waals surface area contributed by atoms with E-state index >= 15 is 0 Å². The van der Waals surface area contributed by atoms with Gasteiger partial charge >= 0.3 is 0 Å². The number of rotatable bonds is 4. The van der Waals surface area contributed by atoms with Crippen molar-refractivity contribution in [2.75, 3.05) is 0 Å². The van der Waals surface area contributed by atoms with Gasteiger partial charge in [0.25, 0.3) is 5.69 Å². The summed E-state index contributed by atoms with van der Waals surface area (Å²) in [5.74, 6) is 0.661. The Bertz CT molecular complexity index is 785. The number of nitrogens with zero attached hydrogens (tertiary/aromatic N) is 2. The van der Waals surface area contributed by atoms with Crippen molar-refractivity contribution >= 4 is 17.8 Å². The number of hydrogen-bond acceptors (Lipinski definition) is 4. The highest BCUT2D eigenvalue weighted by Gasteiger charge is 2.62. The molecule has 0 heterocycles. The third-order valence-electron chi connectivity index (χ3n) is 6.57. The number of nitro benzene ring substituents is 1. The molecule has 0 spiro atoms. The molecular weight excluding hydrogens is 330 g/mol. The molecule has 1 aromatic carbocycles. The van der Waals surface area contributed by atoms with E-state index in [-0.39, 0.29) is 27.8 Å². The Morgan fingerprint density at radius 2 is 1.92 bits per heavy atom. The quantitative estimate of drug-likeness (QED) is 0.502. The summed E-state index contributed by atoms with van der Waals surface area (Å²) in [6, 6.07) is 6.23. The highest BCUT2D eigenvalue weighted by atomic mass is 16.6. The number of amides is 1. The van der Waals surface area contributed by atoms with Gasteiger partial charge in [-0.15, -0.1) is 0 Å². The third-order valence-corrected chi connectivity index (χ3v) is 6.57.